The Kier molecular flexibility index (Phi) is 9.24. The van der Waals surface area contributed by atoms with Crippen LogP contribution < -0.4 is 4.90 Å². The minimum atomic E-state index is -3.17. The van der Waals surface area contributed by atoms with E-state index in [-0.39, 0.29) is 23.0 Å². The van der Waals surface area contributed by atoms with E-state index in [9.17, 15) is 18.5 Å². The lowest BCUT2D eigenvalue weighted by molar-refractivity contribution is -0.147. The smallest absolute Gasteiger partial charge is 0.302 e. The molecule has 226 valence electrons. The minimum absolute atomic E-state index is 0.0473. The molecule has 3 aliphatic rings. The second-order valence-corrected chi connectivity index (χ2v) is 14.6. The number of halogens is 1. The van der Waals surface area contributed by atoms with Gasteiger partial charge in [-0.3, -0.25) is 4.79 Å². The number of piperidine rings is 1. The van der Waals surface area contributed by atoms with Gasteiger partial charge in [0.1, 0.15) is 11.9 Å². The second-order valence-electron chi connectivity index (χ2n) is 12.4. The highest BCUT2D eigenvalue weighted by molar-refractivity contribution is 7.92. The van der Waals surface area contributed by atoms with Crippen LogP contribution in [0.4, 0.5) is 10.1 Å². The van der Waals surface area contributed by atoms with Crippen molar-refractivity contribution in [2.45, 2.75) is 80.5 Å². The lowest BCUT2D eigenvalue weighted by Crippen LogP contribution is -2.53. The predicted octanol–water partition coefficient (Wildman–Crippen LogP) is 5.49. The van der Waals surface area contributed by atoms with Crippen molar-refractivity contribution in [2.75, 3.05) is 37.6 Å². The summed E-state index contributed by atoms with van der Waals surface area (Å²) in [6.07, 6.45) is 4.37. The van der Waals surface area contributed by atoms with E-state index in [1.165, 1.54) is 13.0 Å². The zero-order valence-electron chi connectivity index (χ0n) is 24.7. The van der Waals surface area contributed by atoms with Gasteiger partial charge < -0.3 is 14.5 Å². The number of hydrogen-bond donors (Lipinski definition) is 0. The monoisotopic (exact) mass is 595 g/mol. The van der Waals surface area contributed by atoms with E-state index < -0.39 is 21.4 Å². The van der Waals surface area contributed by atoms with E-state index in [1.54, 1.807) is 30.3 Å². The fourth-order valence-electron chi connectivity index (χ4n) is 6.92. The summed E-state index contributed by atoms with van der Waals surface area (Å²) in [5.74, 6) is -0.291. The van der Waals surface area contributed by atoms with Crippen molar-refractivity contribution in [3.63, 3.8) is 0 Å². The summed E-state index contributed by atoms with van der Waals surface area (Å²) in [5, 5.41) is 10.4. The summed E-state index contributed by atoms with van der Waals surface area (Å²) in [6, 6.07) is 16.4. The first-order chi connectivity index (χ1) is 20.2. The molecule has 2 aliphatic heterocycles. The topological polar surface area (TPSA) is 90.7 Å². The van der Waals surface area contributed by atoms with E-state index in [0.717, 1.165) is 70.5 Å². The molecule has 0 spiro atoms. The van der Waals surface area contributed by atoms with Crippen LogP contribution in [0.25, 0.3) is 0 Å². The normalized spacial score (nSPS) is 20.8. The molecule has 2 heterocycles. The van der Waals surface area contributed by atoms with E-state index in [1.807, 2.05) is 19.1 Å². The van der Waals surface area contributed by atoms with Gasteiger partial charge in [-0.15, -0.1) is 0 Å². The van der Waals surface area contributed by atoms with Gasteiger partial charge in [0.2, 0.25) is 0 Å². The number of carbonyl (C=O) groups excluding carboxylic acids is 1. The number of carbonyl (C=O) groups is 1. The van der Waals surface area contributed by atoms with Gasteiger partial charge in [0.15, 0.2) is 9.84 Å². The van der Waals surface area contributed by atoms with Gasteiger partial charge in [-0.25, -0.2) is 12.8 Å². The highest BCUT2D eigenvalue weighted by atomic mass is 32.2. The molecule has 1 aliphatic carbocycles. The molecule has 2 aromatic rings. The van der Waals surface area contributed by atoms with Gasteiger partial charge in [0.05, 0.1) is 21.6 Å². The van der Waals surface area contributed by atoms with Crippen molar-refractivity contribution >= 4 is 21.5 Å². The summed E-state index contributed by atoms with van der Waals surface area (Å²) in [4.78, 5) is 17.0. The standard InChI is InChI=1S/C33H42FN3O4S/c1-3-6-28(41-24(2)38)19-33(23-35,31-7-4-5-8-32(31)34)26-15-17-36(18-16-26)20-25-21-37(22-25)27-9-11-29(12-10-27)42(39,40)30-13-14-30/h4-5,7-12,25-26,28,30H,3,6,13-22H2,1-2H3/t28-,33?/m0/s1. The van der Waals surface area contributed by atoms with Crippen molar-refractivity contribution in [3.8, 4) is 6.07 Å². The highest BCUT2D eigenvalue weighted by Crippen LogP contribution is 2.44. The van der Waals surface area contributed by atoms with Gasteiger partial charge in [-0.05, 0) is 81.4 Å². The fraction of sp³-hybridized carbons (Fsp3) is 0.576. The quantitative estimate of drug-likeness (QED) is 0.300. The summed E-state index contributed by atoms with van der Waals surface area (Å²) in [7, 11) is -3.17. The Morgan fingerprint density at radius 1 is 1.10 bits per heavy atom. The zero-order chi connectivity index (χ0) is 29.9. The third-order valence-corrected chi connectivity index (χ3v) is 11.6. The first-order valence-corrected chi connectivity index (χ1v) is 16.9. The van der Waals surface area contributed by atoms with Crippen LogP contribution in [0.5, 0.6) is 0 Å². The maximum atomic E-state index is 15.2. The van der Waals surface area contributed by atoms with Crippen LogP contribution in [-0.2, 0) is 24.8 Å². The van der Waals surface area contributed by atoms with E-state index >= 15 is 4.39 Å². The Morgan fingerprint density at radius 3 is 2.33 bits per heavy atom. The number of rotatable bonds is 12. The molecule has 2 atom stereocenters. The first kappa shape index (κ1) is 30.5. The van der Waals surface area contributed by atoms with Crippen LogP contribution in [0.15, 0.2) is 53.4 Å². The van der Waals surface area contributed by atoms with Gasteiger partial charge in [0, 0.05) is 50.1 Å². The molecule has 2 saturated heterocycles. The van der Waals surface area contributed by atoms with Crippen LogP contribution in [0, 0.1) is 29.0 Å². The zero-order valence-corrected chi connectivity index (χ0v) is 25.5. The predicted molar refractivity (Wildman–Crippen MR) is 160 cm³/mol. The maximum absolute atomic E-state index is 15.2. The van der Waals surface area contributed by atoms with Crippen LogP contribution >= 0.6 is 0 Å². The first-order valence-electron chi connectivity index (χ1n) is 15.3. The van der Waals surface area contributed by atoms with Gasteiger partial charge in [-0.2, -0.15) is 5.26 Å². The van der Waals surface area contributed by atoms with Crippen molar-refractivity contribution in [1.82, 2.24) is 4.90 Å². The van der Waals surface area contributed by atoms with Gasteiger partial charge in [-0.1, -0.05) is 31.5 Å². The van der Waals surface area contributed by atoms with Crippen LogP contribution in [-0.4, -0.2) is 63.4 Å². The van der Waals surface area contributed by atoms with Crippen LogP contribution in [0.2, 0.25) is 0 Å². The fourth-order valence-corrected chi connectivity index (χ4v) is 8.58. The third kappa shape index (κ3) is 6.50. The van der Waals surface area contributed by atoms with Gasteiger partial charge in [0.25, 0.3) is 0 Å². The summed E-state index contributed by atoms with van der Waals surface area (Å²) in [5.41, 5.74) is 0.390. The number of likely N-dealkylation sites (tertiary alicyclic amines) is 1. The molecule has 2 aromatic carbocycles. The summed E-state index contributed by atoms with van der Waals surface area (Å²) < 4.78 is 45.8. The number of benzene rings is 2. The summed E-state index contributed by atoms with van der Waals surface area (Å²) in [6.45, 7) is 7.87. The Hall–Kier alpha value is -2.96. The molecule has 3 fully saturated rings. The van der Waals surface area contributed by atoms with Crippen molar-refractivity contribution < 1.29 is 22.3 Å². The Morgan fingerprint density at radius 2 is 1.76 bits per heavy atom. The van der Waals surface area contributed by atoms with Crippen molar-refractivity contribution in [3.05, 3.63) is 59.9 Å². The number of nitriles is 1. The number of sulfone groups is 1. The molecule has 7 nitrogen and oxygen atoms in total. The maximum Gasteiger partial charge on any atom is 0.302 e. The van der Waals surface area contributed by atoms with Crippen LogP contribution in [0.1, 0.15) is 64.4 Å². The van der Waals surface area contributed by atoms with Crippen molar-refractivity contribution in [2.24, 2.45) is 11.8 Å². The number of hydrogen-bond acceptors (Lipinski definition) is 7. The molecular formula is C33H42FN3O4S. The Labute approximate surface area is 249 Å². The molecule has 5 rings (SSSR count). The van der Waals surface area contributed by atoms with Gasteiger partial charge >= 0.3 is 5.97 Å². The molecule has 1 unspecified atom stereocenters. The van der Waals surface area contributed by atoms with E-state index in [2.05, 4.69) is 15.9 Å². The number of esters is 1. The Balaban J connectivity index is 1.19. The van der Waals surface area contributed by atoms with Crippen LogP contribution in [0.3, 0.4) is 0 Å². The third-order valence-electron chi connectivity index (χ3n) is 9.30. The number of ether oxygens (including phenoxy) is 1. The largest absolute Gasteiger partial charge is 0.462 e. The minimum Gasteiger partial charge on any atom is -0.462 e. The average molecular weight is 596 g/mol. The second kappa shape index (κ2) is 12.7. The molecule has 0 N–H and O–H groups in total. The average Bonchev–Trinajstić information content (AvgIpc) is 3.81. The van der Waals surface area contributed by atoms with E-state index in [4.69, 9.17) is 4.74 Å². The summed E-state index contributed by atoms with van der Waals surface area (Å²) >= 11 is 0. The lowest BCUT2D eigenvalue weighted by atomic mass is 9.64. The molecule has 0 radical (unpaired) electrons. The Bertz CT molecular complexity index is 1390. The lowest BCUT2D eigenvalue weighted by Gasteiger charge is -2.46. The molecule has 1 saturated carbocycles. The van der Waals surface area contributed by atoms with E-state index in [0.29, 0.717) is 29.2 Å². The number of nitrogens with zero attached hydrogens (tertiary/aromatic N) is 3. The molecule has 0 aromatic heterocycles. The SMILES string of the molecule is CCC[C@@H](CC(C#N)(c1ccccc1F)C1CCN(CC2CN(c3ccc(S(=O)(=O)C4CC4)cc3)C2)CC1)OC(C)=O. The highest BCUT2D eigenvalue weighted by Gasteiger charge is 2.46. The molecule has 0 amide bonds. The molecule has 0 bridgehead atoms. The molecule has 42 heavy (non-hydrogen) atoms. The number of anilines is 1. The molecular weight excluding hydrogens is 553 g/mol. The van der Waals surface area contributed by atoms with Crippen molar-refractivity contribution in [1.29, 1.82) is 5.26 Å². The molecule has 9 heteroatoms.